The molecule has 3 aliphatic rings. The minimum absolute atomic E-state index is 0.0838. The summed E-state index contributed by atoms with van der Waals surface area (Å²) in [6.45, 7) is 0.943. The number of fused-ring (bicyclic) bond motifs is 1. The highest BCUT2D eigenvalue weighted by molar-refractivity contribution is 5.87. The summed E-state index contributed by atoms with van der Waals surface area (Å²) in [7, 11) is 3.04. The third-order valence-corrected chi connectivity index (χ3v) is 7.19. The molecule has 0 amide bonds. The number of carbonyl (C=O) groups excluding carboxylic acids is 1. The van der Waals surface area contributed by atoms with Crippen LogP contribution in [0.1, 0.15) is 18.9 Å². The van der Waals surface area contributed by atoms with Crippen molar-refractivity contribution in [3.8, 4) is 11.5 Å². The van der Waals surface area contributed by atoms with Crippen LogP contribution >= 0.6 is 0 Å². The summed E-state index contributed by atoms with van der Waals surface area (Å²) in [5.41, 5.74) is -0.707. The van der Waals surface area contributed by atoms with Crippen molar-refractivity contribution in [1.82, 2.24) is 0 Å². The summed E-state index contributed by atoms with van der Waals surface area (Å²) < 4.78 is 32.9. The van der Waals surface area contributed by atoms with Crippen LogP contribution in [0.5, 0.6) is 11.5 Å². The molecule has 210 valence electrons. The second kappa shape index (κ2) is 11.6. The largest absolute Gasteiger partial charge is 0.493 e. The van der Waals surface area contributed by atoms with E-state index in [1.807, 2.05) is 0 Å². The van der Waals surface area contributed by atoms with E-state index < -0.39 is 73.1 Å². The highest BCUT2D eigenvalue weighted by Crippen LogP contribution is 2.48. The van der Waals surface area contributed by atoms with Gasteiger partial charge in [-0.05, 0) is 36.8 Å². The smallest absolute Gasteiger partial charge is 0.331 e. The zero-order valence-corrected chi connectivity index (χ0v) is 21.2. The van der Waals surface area contributed by atoms with Crippen molar-refractivity contribution in [3.63, 3.8) is 0 Å². The molecule has 5 N–H and O–H groups in total. The number of rotatable bonds is 8. The van der Waals surface area contributed by atoms with Gasteiger partial charge in [0.15, 0.2) is 17.8 Å². The summed E-state index contributed by atoms with van der Waals surface area (Å²) >= 11 is 0. The standard InChI is InChI=1S/C26H34O12/c1-26(32)11-17(36-19(28)7-5-13-4-6-15(33-2)16(10-13)34-3)14-8-9-35-24(20(14)26)38-25-23(31)22(30)21(29)18(12-27)37-25/h4-10,14,17-18,20-25,27,29-32H,11-12H2,1-3H3/b7-5+/t14-,17+,18+,20+,21+,22-,23+,24-,25-,26-/m0/s1. The van der Waals surface area contributed by atoms with Gasteiger partial charge in [0.25, 0.3) is 0 Å². The highest BCUT2D eigenvalue weighted by Gasteiger charge is 2.57. The van der Waals surface area contributed by atoms with E-state index in [0.717, 1.165) is 0 Å². The van der Waals surface area contributed by atoms with Gasteiger partial charge in [-0.1, -0.05) is 6.07 Å². The lowest BCUT2D eigenvalue weighted by Gasteiger charge is -2.43. The van der Waals surface area contributed by atoms with E-state index in [1.165, 1.54) is 26.6 Å². The Hall–Kier alpha value is -2.71. The molecular formula is C26H34O12. The van der Waals surface area contributed by atoms with Crippen LogP contribution in [0.3, 0.4) is 0 Å². The van der Waals surface area contributed by atoms with Crippen LogP contribution in [0.25, 0.3) is 6.08 Å². The van der Waals surface area contributed by atoms with Crippen molar-refractivity contribution in [1.29, 1.82) is 0 Å². The molecule has 10 atom stereocenters. The molecule has 0 radical (unpaired) electrons. The number of ether oxygens (including phenoxy) is 6. The van der Waals surface area contributed by atoms with E-state index in [1.54, 1.807) is 37.3 Å². The minimum Gasteiger partial charge on any atom is -0.493 e. The quantitative estimate of drug-likeness (QED) is 0.216. The molecule has 0 bridgehead atoms. The Kier molecular flexibility index (Phi) is 8.62. The maximum Gasteiger partial charge on any atom is 0.331 e. The molecule has 0 aromatic heterocycles. The molecule has 1 saturated carbocycles. The van der Waals surface area contributed by atoms with Crippen LogP contribution in [-0.2, 0) is 23.7 Å². The number of aliphatic hydroxyl groups excluding tert-OH is 4. The van der Waals surface area contributed by atoms with Crippen LogP contribution in [0, 0.1) is 11.8 Å². The lowest BCUT2D eigenvalue weighted by molar-refractivity contribution is -0.346. The van der Waals surface area contributed by atoms with E-state index in [-0.39, 0.29) is 6.42 Å². The zero-order chi connectivity index (χ0) is 27.6. The van der Waals surface area contributed by atoms with Crippen LogP contribution < -0.4 is 9.47 Å². The third-order valence-electron chi connectivity index (χ3n) is 7.19. The van der Waals surface area contributed by atoms with Crippen molar-refractivity contribution >= 4 is 12.0 Å². The molecule has 38 heavy (non-hydrogen) atoms. The molecule has 12 nitrogen and oxygen atoms in total. The van der Waals surface area contributed by atoms with Crippen LogP contribution in [0.4, 0.5) is 0 Å². The molecule has 2 heterocycles. The van der Waals surface area contributed by atoms with E-state index in [9.17, 15) is 30.3 Å². The Balaban J connectivity index is 1.44. The second-order valence-electron chi connectivity index (χ2n) is 9.75. The van der Waals surface area contributed by atoms with E-state index in [0.29, 0.717) is 17.1 Å². The number of esters is 1. The highest BCUT2D eigenvalue weighted by atomic mass is 16.8. The number of benzene rings is 1. The van der Waals surface area contributed by atoms with Gasteiger partial charge >= 0.3 is 5.97 Å². The van der Waals surface area contributed by atoms with Crippen molar-refractivity contribution < 1.29 is 58.7 Å². The van der Waals surface area contributed by atoms with Gasteiger partial charge in [-0.3, -0.25) is 0 Å². The summed E-state index contributed by atoms with van der Waals surface area (Å²) in [4.78, 5) is 12.7. The molecule has 4 rings (SSSR count). The van der Waals surface area contributed by atoms with Gasteiger partial charge in [0.2, 0.25) is 6.29 Å². The Morgan fingerprint density at radius 1 is 1.11 bits per heavy atom. The molecular weight excluding hydrogens is 504 g/mol. The Bertz CT molecular complexity index is 1040. The lowest BCUT2D eigenvalue weighted by Crippen LogP contribution is -2.60. The Labute approximate surface area is 219 Å². The number of carbonyl (C=O) groups is 1. The number of hydrogen-bond acceptors (Lipinski definition) is 12. The first-order valence-electron chi connectivity index (χ1n) is 12.2. The van der Waals surface area contributed by atoms with Crippen LogP contribution in [-0.4, -0.2) is 101 Å². The molecule has 2 fully saturated rings. The fraction of sp³-hybridized carbons (Fsp3) is 0.577. The SMILES string of the molecule is COc1ccc(/C=C/C(=O)O[C@@H]2C[C@](C)(O)[C@H]3[C@H](O[C@@H]4O[C@H](CO)[C@@H](O)[C@H](O)[C@H]4O)OC=C[C@H]32)cc1OC. The van der Waals surface area contributed by atoms with Gasteiger partial charge in [0.05, 0.1) is 38.6 Å². The normalized spacial score (nSPS) is 38.5. The molecule has 1 saturated heterocycles. The summed E-state index contributed by atoms with van der Waals surface area (Å²) in [5, 5.41) is 51.0. The van der Waals surface area contributed by atoms with Crippen LogP contribution in [0.15, 0.2) is 36.6 Å². The average molecular weight is 539 g/mol. The van der Waals surface area contributed by atoms with Crippen molar-refractivity contribution in [2.45, 2.75) is 62.0 Å². The first-order valence-corrected chi connectivity index (χ1v) is 12.2. The average Bonchev–Trinajstić information content (AvgIpc) is 3.17. The monoisotopic (exact) mass is 538 g/mol. The zero-order valence-electron chi connectivity index (χ0n) is 21.2. The van der Waals surface area contributed by atoms with Crippen LogP contribution in [0.2, 0.25) is 0 Å². The minimum atomic E-state index is -1.64. The topological polar surface area (TPSA) is 174 Å². The molecule has 1 aliphatic carbocycles. The van der Waals surface area contributed by atoms with Gasteiger partial charge in [0, 0.05) is 18.4 Å². The van der Waals surface area contributed by atoms with Crippen molar-refractivity contribution in [2.75, 3.05) is 20.8 Å². The molecule has 1 aromatic rings. The molecule has 0 spiro atoms. The van der Waals surface area contributed by atoms with Crippen molar-refractivity contribution in [3.05, 3.63) is 42.2 Å². The van der Waals surface area contributed by atoms with Crippen molar-refractivity contribution in [2.24, 2.45) is 11.8 Å². The third kappa shape index (κ3) is 5.66. The maximum absolute atomic E-state index is 12.7. The molecule has 12 heteroatoms. The predicted octanol–water partition coefficient (Wildman–Crippen LogP) is -0.298. The second-order valence-corrected chi connectivity index (χ2v) is 9.75. The number of methoxy groups -OCH3 is 2. The van der Waals surface area contributed by atoms with E-state index in [4.69, 9.17) is 28.4 Å². The fourth-order valence-corrected chi connectivity index (χ4v) is 5.20. The first kappa shape index (κ1) is 28.3. The summed E-state index contributed by atoms with van der Waals surface area (Å²) in [5.74, 6) is -0.777. The Morgan fingerprint density at radius 3 is 2.53 bits per heavy atom. The van der Waals surface area contributed by atoms with Gasteiger partial charge < -0.3 is 54.0 Å². The van der Waals surface area contributed by atoms with Gasteiger partial charge in [-0.15, -0.1) is 0 Å². The summed E-state index contributed by atoms with van der Waals surface area (Å²) in [6, 6.07) is 5.18. The number of aliphatic hydroxyl groups is 5. The number of hydrogen-bond donors (Lipinski definition) is 5. The maximum atomic E-state index is 12.7. The lowest BCUT2D eigenvalue weighted by atomic mass is 9.85. The van der Waals surface area contributed by atoms with Gasteiger partial charge in [-0.25, -0.2) is 4.79 Å². The van der Waals surface area contributed by atoms with Gasteiger partial charge in [-0.2, -0.15) is 0 Å². The van der Waals surface area contributed by atoms with Gasteiger partial charge in [0.1, 0.15) is 30.5 Å². The first-order chi connectivity index (χ1) is 18.1. The van der Waals surface area contributed by atoms with E-state index in [2.05, 4.69) is 0 Å². The molecule has 2 aliphatic heterocycles. The molecule has 0 unspecified atom stereocenters. The summed E-state index contributed by atoms with van der Waals surface area (Å²) in [6.07, 6.45) is -3.35. The molecule has 1 aromatic carbocycles. The van der Waals surface area contributed by atoms with E-state index >= 15 is 0 Å². The Morgan fingerprint density at radius 2 is 1.84 bits per heavy atom. The predicted molar refractivity (Wildman–Crippen MR) is 130 cm³/mol. The fourth-order valence-electron chi connectivity index (χ4n) is 5.20.